The second-order valence-electron chi connectivity index (χ2n) is 7.63. The Morgan fingerprint density at radius 1 is 1.04 bits per heavy atom. The van der Waals surface area contributed by atoms with Gasteiger partial charge in [-0.15, -0.1) is 0 Å². The van der Waals surface area contributed by atoms with Crippen LogP contribution in [0.1, 0.15) is 48.9 Å². The largest absolute Gasteiger partial charge is 0.338 e. The zero-order chi connectivity index (χ0) is 17.3. The lowest BCUT2D eigenvalue weighted by molar-refractivity contribution is -0.204. The molecule has 3 fully saturated rings. The molecule has 0 aromatic heterocycles. The van der Waals surface area contributed by atoms with Gasteiger partial charge in [-0.2, -0.15) is 0 Å². The molecule has 5 nitrogen and oxygen atoms in total. The standard InChI is InChI=1S/C20H26N2O3/c23-18(16-7-2-1-3-8-16)21-13-11-20(15-21)10-6-9-17(20)19(24)22-12-4-5-14-25-22/h1-3,7-8,17H,4-6,9-15H2/t17-,20+/m1/s1. The van der Waals surface area contributed by atoms with Crippen LogP contribution in [0.2, 0.25) is 0 Å². The smallest absolute Gasteiger partial charge is 0.253 e. The molecule has 0 bridgehead atoms. The minimum atomic E-state index is -0.0532. The lowest BCUT2D eigenvalue weighted by Crippen LogP contribution is -2.45. The Bertz CT molecular complexity index is 642. The second-order valence-corrected chi connectivity index (χ2v) is 7.63. The molecule has 3 aliphatic rings. The van der Waals surface area contributed by atoms with E-state index in [1.54, 1.807) is 5.06 Å². The van der Waals surface area contributed by atoms with Crippen LogP contribution in [0, 0.1) is 11.3 Å². The number of amides is 2. The third kappa shape index (κ3) is 3.06. The fraction of sp³-hybridized carbons (Fsp3) is 0.600. The van der Waals surface area contributed by atoms with Crippen molar-refractivity contribution in [3.63, 3.8) is 0 Å². The topological polar surface area (TPSA) is 49.9 Å². The molecule has 1 aromatic rings. The van der Waals surface area contributed by atoms with Gasteiger partial charge in [-0.05, 0) is 44.2 Å². The van der Waals surface area contributed by atoms with Gasteiger partial charge < -0.3 is 4.90 Å². The number of hydroxylamine groups is 2. The highest BCUT2D eigenvalue weighted by Crippen LogP contribution is 2.50. The molecule has 1 aromatic carbocycles. The number of hydrogen-bond acceptors (Lipinski definition) is 3. The average molecular weight is 342 g/mol. The predicted molar refractivity (Wildman–Crippen MR) is 93.6 cm³/mol. The molecule has 2 amide bonds. The predicted octanol–water partition coefficient (Wildman–Crippen LogP) is 2.87. The first-order valence-corrected chi connectivity index (χ1v) is 9.48. The lowest BCUT2D eigenvalue weighted by Gasteiger charge is -2.35. The van der Waals surface area contributed by atoms with E-state index in [1.165, 1.54) is 0 Å². The van der Waals surface area contributed by atoms with E-state index in [-0.39, 0.29) is 23.1 Å². The summed E-state index contributed by atoms with van der Waals surface area (Å²) < 4.78 is 0. The summed E-state index contributed by atoms with van der Waals surface area (Å²) in [6.07, 6.45) is 6.00. The molecule has 25 heavy (non-hydrogen) atoms. The Morgan fingerprint density at radius 2 is 1.88 bits per heavy atom. The van der Waals surface area contributed by atoms with Gasteiger partial charge in [-0.3, -0.25) is 14.4 Å². The quantitative estimate of drug-likeness (QED) is 0.830. The van der Waals surface area contributed by atoms with E-state index >= 15 is 0 Å². The summed E-state index contributed by atoms with van der Waals surface area (Å²) in [6, 6.07) is 9.45. The molecule has 0 radical (unpaired) electrons. The number of carbonyl (C=O) groups is 2. The summed E-state index contributed by atoms with van der Waals surface area (Å²) in [7, 11) is 0. The molecule has 1 saturated carbocycles. The summed E-state index contributed by atoms with van der Waals surface area (Å²) in [4.78, 5) is 33.3. The molecular formula is C20H26N2O3. The molecule has 0 unspecified atom stereocenters. The van der Waals surface area contributed by atoms with Crippen LogP contribution in [0.15, 0.2) is 30.3 Å². The maximum absolute atomic E-state index is 13.0. The molecule has 2 aliphatic heterocycles. The Morgan fingerprint density at radius 3 is 2.64 bits per heavy atom. The van der Waals surface area contributed by atoms with E-state index in [2.05, 4.69) is 0 Å². The van der Waals surface area contributed by atoms with Crippen LogP contribution in [-0.4, -0.2) is 48.0 Å². The summed E-state index contributed by atoms with van der Waals surface area (Å²) in [5, 5.41) is 1.60. The maximum atomic E-state index is 13.0. The van der Waals surface area contributed by atoms with Gasteiger partial charge in [0.15, 0.2) is 0 Å². The van der Waals surface area contributed by atoms with Crippen molar-refractivity contribution >= 4 is 11.8 Å². The van der Waals surface area contributed by atoms with Gasteiger partial charge in [0.25, 0.3) is 5.91 Å². The van der Waals surface area contributed by atoms with Crippen molar-refractivity contribution < 1.29 is 14.4 Å². The lowest BCUT2D eigenvalue weighted by atomic mass is 9.76. The summed E-state index contributed by atoms with van der Waals surface area (Å²) in [5.74, 6) is 0.232. The van der Waals surface area contributed by atoms with Gasteiger partial charge in [0.2, 0.25) is 5.91 Å². The van der Waals surface area contributed by atoms with Crippen LogP contribution in [-0.2, 0) is 9.63 Å². The van der Waals surface area contributed by atoms with E-state index in [9.17, 15) is 9.59 Å². The van der Waals surface area contributed by atoms with Crippen molar-refractivity contribution in [3.8, 4) is 0 Å². The molecular weight excluding hydrogens is 316 g/mol. The Kier molecular flexibility index (Phi) is 4.50. The van der Waals surface area contributed by atoms with Gasteiger partial charge in [-0.1, -0.05) is 24.6 Å². The number of hydrogen-bond donors (Lipinski definition) is 0. The highest BCUT2D eigenvalue weighted by atomic mass is 16.7. The van der Waals surface area contributed by atoms with Crippen LogP contribution >= 0.6 is 0 Å². The van der Waals surface area contributed by atoms with Crippen LogP contribution < -0.4 is 0 Å². The Balaban J connectivity index is 1.48. The zero-order valence-corrected chi connectivity index (χ0v) is 14.7. The van der Waals surface area contributed by atoms with E-state index in [0.29, 0.717) is 19.7 Å². The maximum Gasteiger partial charge on any atom is 0.253 e. The van der Waals surface area contributed by atoms with Crippen LogP contribution in [0.25, 0.3) is 0 Å². The summed E-state index contributed by atoms with van der Waals surface area (Å²) in [5.41, 5.74) is 0.683. The highest BCUT2D eigenvalue weighted by molar-refractivity contribution is 5.94. The molecule has 5 heteroatoms. The first-order chi connectivity index (χ1) is 12.2. The number of rotatable bonds is 2. The molecule has 1 aliphatic carbocycles. The van der Waals surface area contributed by atoms with Crippen molar-refractivity contribution in [3.05, 3.63) is 35.9 Å². The molecule has 2 heterocycles. The summed E-state index contributed by atoms with van der Waals surface area (Å²) >= 11 is 0. The molecule has 2 saturated heterocycles. The van der Waals surface area contributed by atoms with Crippen LogP contribution in [0.3, 0.4) is 0 Å². The van der Waals surface area contributed by atoms with Crippen molar-refractivity contribution in [1.82, 2.24) is 9.96 Å². The van der Waals surface area contributed by atoms with E-state index in [1.807, 2.05) is 35.2 Å². The number of benzene rings is 1. The molecule has 0 N–H and O–H groups in total. The third-order valence-electron chi connectivity index (χ3n) is 6.15. The summed E-state index contributed by atoms with van der Waals surface area (Å²) in [6.45, 7) is 2.80. The van der Waals surface area contributed by atoms with Crippen molar-refractivity contribution in [2.75, 3.05) is 26.2 Å². The number of nitrogens with zero attached hydrogens (tertiary/aromatic N) is 2. The zero-order valence-electron chi connectivity index (χ0n) is 14.7. The molecule has 1 spiro atoms. The average Bonchev–Trinajstić information content (AvgIpc) is 3.29. The second kappa shape index (κ2) is 6.79. The van der Waals surface area contributed by atoms with Gasteiger partial charge in [0.05, 0.1) is 6.61 Å². The first kappa shape index (κ1) is 16.6. The Labute approximate surface area is 148 Å². The minimum Gasteiger partial charge on any atom is -0.338 e. The van der Waals surface area contributed by atoms with E-state index < -0.39 is 0 Å². The minimum absolute atomic E-state index is 0.000765. The fourth-order valence-electron chi connectivity index (χ4n) is 4.79. The van der Waals surface area contributed by atoms with Crippen molar-refractivity contribution in [1.29, 1.82) is 0 Å². The van der Waals surface area contributed by atoms with E-state index in [4.69, 9.17) is 4.84 Å². The van der Waals surface area contributed by atoms with E-state index in [0.717, 1.165) is 50.6 Å². The fourth-order valence-corrected chi connectivity index (χ4v) is 4.79. The SMILES string of the molecule is O=C(c1ccccc1)N1CC[C@@]2(CCC[C@@H]2C(=O)N2CCCCO2)C1. The normalized spacial score (nSPS) is 29.4. The first-order valence-electron chi connectivity index (χ1n) is 9.48. The van der Waals surface area contributed by atoms with Crippen molar-refractivity contribution in [2.24, 2.45) is 11.3 Å². The van der Waals surface area contributed by atoms with Gasteiger partial charge >= 0.3 is 0 Å². The van der Waals surface area contributed by atoms with Crippen molar-refractivity contribution in [2.45, 2.75) is 38.5 Å². The van der Waals surface area contributed by atoms with Gasteiger partial charge in [0.1, 0.15) is 0 Å². The number of carbonyl (C=O) groups excluding carboxylic acids is 2. The monoisotopic (exact) mass is 342 g/mol. The van der Waals surface area contributed by atoms with Gasteiger partial charge in [0, 0.05) is 36.5 Å². The van der Waals surface area contributed by atoms with Gasteiger partial charge in [-0.25, -0.2) is 5.06 Å². The Hall–Kier alpha value is -1.88. The van der Waals surface area contributed by atoms with Crippen LogP contribution in [0.4, 0.5) is 0 Å². The molecule has 4 rings (SSSR count). The molecule has 2 atom stereocenters. The third-order valence-corrected chi connectivity index (χ3v) is 6.15. The molecule has 134 valence electrons. The van der Waals surface area contributed by atoms with Crippen LogP contribution in [0.5, 0.6) is 0 Å². The number of likely N-dealkylation sites (tertiary alicyclic amines) is 1. The highest BCUT2D eigenvalue weighted by Gasteiger charge is 2.52.